The third-order valence-corrected chi connectivity index (χ3v) is 4.30. The molecule has 2 heteroatoms. The highest BCUT2D eigenvalue weighted by atomic mass is 16.1. The van der Waals surface area contributed by atoms with Gasteiger partial charge in [0.25, 0.3) is 0 Å². The third kappa shape index (κ3) is 0.829. The molecule has 14 heavy (non-hydrogen) atoms. The first-order chi connectivity index (χ1) is 6.83. The summed E-state index contributed by atoms with van der Waals surface area (Å²) in [6.45, 7) is 0. The fourth-order valence-electron chi connectivity index (χ4n) is 3.75. The minimum absolute atomic E-state index is 0.00810. The van der Waals surface area contributed by atoms with E-state index in [1.807, 2.05) is 6.08 Å². The minimum Gasteiger partial charge on any atom is -0.299 e. The highest BCUT2D eigenvalue weighted by molar-refractivity contribution is 5.91. The molecule has 3 rings (SSSR count). The standard InChI is InChI=1S/C12H13NO/c13-6-7-4-5-10-8-2-1-3-9(8)11(7)12(10)14/h4,8-11H,1-3,5H2/t8-,9+,10-,11+/m0/s1. The molecule has 0 N–H and O–H groups in total. The molecular formula is C12H13NO. The topological polar surface area (TPSA) is 40.9 Å². The summed E-state index contributed by atoms with van der Waals surface area (Å²) >= 11 is 0. The fraction of sp³-hybridized carbons (Fsp3) is 0.667. The van der Waals surface area contributed by atoms with E-state index in [2.05, 4.69) is 6.07 Å². The van der Waals surface area contributed by atoms with Crippen LogP contribution in [0.2, 0.25) is 0 Å². The van der Waals surface area contributed by atoms with E-state index in [0.717, 1.165) is 18.4 Å². The number of hydrogen-bond donors (Lipinski definition) is 0. The van der Waals surface area contributed by atoms with Crippen LogP contribution in [0.4, 0.5) is 0 Å². The first kappa shape index (κ1) is 8.23. The van der Waals surface area contributed by atoms with Crippen LogP contribution in [-0.4, -0.2) is 5.78 Å². The predicted molar refractivity (Wildman–Crippen MR) is 51.1 cm³/mol. The second kappa shape index (κ2) is 2.70. The monoisotopic (exact) mass is 187 g/mol. The van der Waals surface area contributed by atoms with Crippen molar-refractivity contribution in [3.05, 3.63) is 11.6 Å². The summed E-state index contributed by atoms with van der Waals surface area (Å²) in [4.78, 5) is 12.0. The van der Waals surface area contributed by atoms with Crippen LogP contribution in [-0.2, 0) is 4.79 Å². The molecule has 2 saturated carbocycles. The van der Waals surface area contributed by atoms with Crippen molar-refractivity contribution >= 4 is 5.78 Å². The van der Waals surface area contributed by atoms with E-state index < -0.39 is 0 Å². The van der Waals surface area contributed by atoms with Crippen LogP contribution in [0.25, 0.3) is 0 Å². The molecule has 0 saturated heterocycles. The van der Waals surface area contributed by atoms with Crippen LogP contribution in [0.1, 0.15) is 25.7 Å². The van der Waals surface area contributed by atoms with E-state index in [9.17, 15) is 4.79 Å². The van der Waals surface area contributed by atoms with Crippen LogP contribution in [0.3, 0.4) is 0 Å². The van der Waals surface area contributed by atoms with Crippen molar-refractivity contribution in [2.75, 3.05) is 0 Å². The number of carbonyl (C=O) groups excluding carboxylic acids is 1. The number of fused-ring (bicyclic) bond motifs is 5. The van der Waals surface area contributed by atoms with Gasteiger partial charge < -0.3 is 0 Å². The van der Waals surface area contributed by atoms with E-state index in [0.29, 0.717) is 17.6 Å². The maximum absolute atomic E-state index is 12.0. The van der Waals surface area contributed by atoms with Gasteiger partial charge in [0.15, 0.2) is 0 Å². The van der Waals surface area contributed by atoms with Crippen LogP contribution in [0.15, 0.2) is 11.6 Å². The zero-order valence-electron chi connectivity index (χ0n) is 8.07. The lowest BCUT2D eigenvalue weighted by atomic mass is 9.84. The van der Waals surface area contributed by atoms with Gasteiger partial charge in [-0.25, -0.2) is 0 Å². The van der Waals surface area contributed by atoms with Crippen molar-refractivity contribution in [1.29, 1.82) is 5.26 Å². The number of nitrogens with zero attached hydrogens (tertiary/aromatic N) is 1. The van der Waals surface area contributed by atoms with Crippen molar-refractivity contribution in [1.82, 2.24) is 0 Å². The van der Waals surface area contributed by atoms with E-state index >= 15 is 0 Å². The summed E-state index contributed by atoms with van der Waals surface area (Å²) in [7, 11) is 0. The summed E-state index contributed by atoms with van der Waals surface area (Å²) in [5.74, 6) is 1.75. The van der Waals surface area contributed by atoms with E-state index in [-0.39, 0.29) is 11.8 Å². The molecule has 0 radical (unpaired) electrons. The van der Waals surface area contributed by atoms with Gasteiger partial charge in [0.05, 0.1) is 12.0 Å². The largest absolute Gasteiger partial charge is 0.299 e. The highest BCUT2D eigenvalue weighted by Crippen LogP contribution is 2.54. The molecule has 72 valence electrons. The lowest BCUT2D eigenvalue weighted by Gasteiger charge is -2.17. The molecule has 2 bridgehead atoms. The maximum atomic E-state index is 12.0. The number of nitriles is 1. The van der Waals surface area contributed by atoms with Gasteiger partial charge in [-0.3, -0.25) is 4.79 Å². The van der Waals surface area contributed by atoms with Gasteiger partial charge in [0.1, 0.15) is 5.78 Å². The molecule has 0 aromatic rings. The smallest absolute Gasteiger partial charge is 0.145 e. The van der Waals surface area contributed by atoms with E-state index in [1.165, 1.54) is 12.8 Å². The molecule has 0 aliphatic heterocycles. The zero-order valence-corrected chi connectivity index (χ0v) is 8.07. The predicted octanol–water partition coefficient (Wildman–Crippen LogP) is 2.07. The summed E-state index contributed by atoms with van der Waals surface area (Å²) < 4.78 is 0. The van der Waals surface area contributed by atoms with Crippen LogP contribution < -0.4 is 0 Å². The third-order valence-electron chi connectivity index (χ3n) is 4.30. The molecule has 0 aromatic heterocycles. The highest BCUT2D eigenvalue weighted by Gasteiger charge is 2.54. The summed E-state index contributed by atoms with van der Waals surface area (Å²) in [5.41, 5.74) is 0.764. The van der Waals surface area contributed by atoms with Gasteiger partial charge in [-0.2, -0.15) is 5.26 Å². The quantitative estimate of drug-likeness (QED) is 0.582. The van der Waals surface area contributed by atoms with E-state index in [4.69, 9.17) is 5.26 Å². The first-order valence-corrected chi connectivity index (χ1v) is 5.47. The molecule has 3 aliphatic carbocycles. The second-order valence-corrected chi connectivity index (χ2v) is 4.75. The van der Waals surface area contributed by atoms with Crippen LogP contribution >= 0.6 is 0 Å². The van der Waals surface area contributed by atoms with Crippen LogP contribution in [0, 0.1) is 35.0 Å². The Balaban J connectivity index is 2.05. The van der Waals surface area contributed by atoms with E-state index in [1.54, 1.807) is 0 Å². The van der Waals surface area contributed by atoms with Crippen molar-refractivity contribution in [3.8, 4) is 6.07 Å². The summed E-state index contributed by atoms with van der Waals surface area (Å²) in [5, 5.41) is 8.98. The molecule has 4 atom stereocenters. The van der Waals surface area contributed by atoms with Crippen molar-refractivity contribution in [2.24, 2.45) is 23.7 Å². The first-order valence-electron chi connectivity index (χ1n) is 5.47. The normalized spacial score (nSPS) is 44.5. The number of carbonyl (C=O) groups is 1. The Morgan fingerprint density at radius 1 is 1.36 bits per heavy atom. The van der Waals surface area contributed by atoms with Gasteiger partial charge in [-0.05, 0) is 31.1 Å². The SMILES string of the molecule is N#CC1=CC[C@@H]2C(=O)[C@H]1[C@@H]1CCC[C@@H]12. The molecule has 0 aromatic carbocycles. The fourth-order valence-corrected chi connectivity index (χ4v) is 3.75. The molecule has 2 nitrogen and oxygen atoms in total. The zero-order chi connectivity index (χ0) is 9.71. The lowest BCUT2D eigenvalue weighted by Crippen LogP contribution is -2.22. The van der Waals surface area contributed by atoms with Gasteiger partial charge >= 0.3 is 0 Å². The van der Waals surface area contributed by atoms with Crippen molar-refractivity contribution in [3.63, 3.8) is 0 Å². The Hall–Kier alpha value is -1.10. The number of rotatable bonds is 0. The average molecular weight is 187 g/mol. The summed E-state index contributed by atoms with van der Waals surface area (Å²) in [6, 6.07) is 2.21. The molecule has 2 fully saturated rings. The van der Waals surface area contributed by atoms with Gasteiger partial charge in [0.2, 0.25) is 0 Å². The number of allylic oxidation sites excluding steroid dienone is 2. The van der Waals surface area contributed by atoms with Crippen molar-refractivity contribution in [2.45, 2.75) is 25.7 Å². The van der Waals surface area contributed by atoms with Gasteiger partial charge in [-0.1, -0.05) is 12.5 Å². The van der Waals surface area contributed by atoms with Gasteiger partial charge in [-0.15, -0.1) is 0 Å². The molecule has 3 aliphatic rings. The molecular weight excluding hydrogens is 174 g/mol. The number of hydrogen-bond acceptors (Lipinski definition) is 2. The number of Topliss-reactive ketones (excluding diaryl/α,β-unsaturated/α-hetero) is 1. The Bertz CT molecular complexity index is 363. The second-order valence-electron chi connectivity index (χ2n) is 4.75. The lowest BCUT2D eigenvalue weighted by molar-refractivity contribution is -0.124. The summed E-state index contributed by atoms with van der Waals surface area (Å²) in [6.07, 6.45) is 6.48. The Kier molecular flexibility index (Phi) is 1.58. The Labute approximate surface area is 83.6 Å². The number of ketones is 1. The molecule has 0 amide bonds. The van der Waals surface area contributed by atoms with Crippen LogP contribution in [0.5, 0.6) is 0 Å². The van der Waals surface area contributed by atoms with Gasteiger partial charge in [0, 0.05) is 11.5 Å². The van der Waals surface area contributed by atoms with Crippen molar-refractivity contribution < 1.29 is 4.79 Å². The Morgan fingerprint density at radius 3 is 2.93 bits per heavy atom. The Morgan fingerprint density at radius 2 is 2.14 bits per heavy atom. The minimum atomic E-state index is -0.00810. The average Bonchev–Trinajstić information content (AvgIpc) is 2.70. The molecule has 0 heterocycles. The molecule has 0 unspecified atom stereocenters. The molecule has 0 spiro atoms. The maximum Gasteiger partial charge on any atom is 0.145 e.